The molecule has 1 atom stereocenters. The van der Waals surface area contributed by atoms with E-state index in [0.29, 0.717) is 11.5 Å². The van der Waals surface area contributed by atoms with Gasteiger partial charge in [-0.05, 0) is 59.2 Å². The van der Waals surface area contributed by atoms with Gasteiger partial charge >= 0.3 is 0 Å². The van der Waals surface area contributed by atoms with Crippen molar-refractivity contribution in [1.29, 1.82) is 0 Å². The van der Waals surface area contributed by atoms with Crippen molar-refractivity contribution in [3.8, 4) is 5.75 Å². The number of methoxy groups -OCH3 is 1. The maximum atomic E-state index is 5.27. The Labute approximate surface area is 127 Å². The van der Waals surface area contributed by atoms with Crippen LogP contribution in [0.2, 0.25) is 0 Å². The van der Waals surface area contributed by atoms with Gasteiger partial charge in [-0.25, -0.2) is 0 Å². The Bertz CT molecular complexity index is 632. The molecule has 0 bridgehead atoms. The van der Waals surface area contributed by atoms with E-state index in [0.717, 1.165) is 12.3 Å². The highest BCUT2D eigenvalue weighted by Crippen LogP contribution is 2.37. The normalized spacial score (nSPS) is 20.8. The van der Waals surface area contributed by atoms with Crippen LogP contribution in [0, 0.1) is 5.41 Å². The quantitative estimate of drug-likeness (QED) is 0.891. The van der Waals surface area contributed by atoms with E-state index in [1.54, 1.807) is 7.11 Å². The summed E-state index contributed by atoms with van der Waals surface area (Å²) in [5.41, 5.74) is 1.87. The molecule has 0 radical (unpaired) electrons. The average molecular weight is 283 g/mol. The van der Waals surface area contributed by atoms with Crippen LogP contribution in [-0.4, -0.2) is 13.2 Å². The van der Waals surface area contributed by atoms with Crippen LogP contribution in [0.25, 0.3) is 10.8 Å². The first-order valence-electron chi connectivity index (χ1n) is 7.86. The molecule has 0 amide bonds. The molecule has 0 saturated heterocycles. The van der Waals surface area contributed by atoms with Crippen molar-refractivity contribution >= 4 is 10.8 Å². The summed E-state index contributed by atoms with van der Waals surface area (Å²) in [6.45, 7) is 5.71. The summed E-state index contributed by atoms with van der Waals surface area (Å²) in [7, 11) is 1.71. The van der Waals surface area contributed by atoms with Crippen LogP contribution in [0.15, 0.2) is 36.4 Å². The molecule has 2 aromatic carbocycles. The fraction of sp³-hybridized carbons (Fsp3) is 0.474. The van der Waals surface area contributed by atoms with Gasteiger partial charge in [-0.2, -0.15) is 0 Å². The van der Waals surface area contributed by atoms with Crippen molar-refractivity contribution in [2.75, 3.05) is 7.11 Å². The second kappa shape index (κ2) is 5.69. The molecule has 0 aliphatic heterocycles. The van der Waals surface area contributed by atoms with Crippen LogP contribution in [-0.2, 0) is 6.54 Å². The van der Waals surface area contributed by atoms with Gasteiger partial charge in [0, 0.05) is 12.6 Å². The summed E-state index contributed by atoms with van der Waals surface area (Å²) in [6.07, 6.45) is 3.93. The Morgan fingerprint density at radius 1 is 1.14 bits per heavy atom. The fourth-order valence-corrected chi connectivity index (χ4v) is 3.38. The molecular weight excluding hydrogens is 258 g/mol. The topological polar surface area (TPSA) is 21.3 Å². The molecule has 1 fully saturated rings. The standard InChI is InChI=1S/C19H25NO/c1-19(2)9-8-17(12-19)20-13-14-4-5-16-11-18(21-3)7-6-15(16)10-14/h4-7,10-11,17,20H,8-9,12-13H2,1-3H3. The molecule has 1 unspecified atom stereocenters. The minimum absolute atomic E-state index is 0.512. The highest BCUT2D eigenvalue weighted by molar-refractivity contribution is 5.84. The molecule has 3 rings (SSSR count). The van der Waals surface area contributed by atoms with Crippen molar-refractivity contribution in [2.45, 2.75) is 45.7 Å². The molecule has 1 N–H and O–H groups in total. The van der Waals surface area contributed by atoms with Gasteiger partial charge in [0.2, 0.25) is 0 Å². The number of fused-ring (bicyclic) bond motifs is 1. The zero-order chi connectivity index (χ0) is 14.9. The number of nitrogens with one attached hydrogen (secondary N) is 1. The molecule has 0 aromatic heterocycles. The summed E-state index contributed by atoms with van der Waals surface area (Å²) < 4.78 is 5.27. The van der Waals surface area contributed by atoms with Gasteiger partial charge in [0.1, 0.15) is 5.75 Å². The maximum absolute atomic E-state index is 5.27. The van der Waals surface area contributed by atoms with Crippen molar-refractivity contribution in [2.24, 2.45) is 5.41 Å². The van der Waals surface area contributed by atoms with E-state index in [-0.39, 0.29) is 0 Å². The summed E-state index contributed by atoms with van der Waals surface area (Å²) in [5.74, 6) is 0.918. The van der Waals surface area contributed by atoms with E-state index in [1.165, 1.54) is 35.6 Å². The zero-order valence-electron chi connectivity index (χ0n) is 13.3. The van der Waals surface area contributed by atoms with Crippen LogP contribution < -0.4 is 10.1 Å². The summed E-state index contributed by atoms with van der Waals surface area (Å²) in [5, 5.41) is 6.23. The molecule has 21 heavy (non-hydrogen) atoms. The molecule has 1 saturated carbocycles. The highest BCUT2D eigenvalue weighted by Gasteiger charge is 2.30. The van der Waals surface area contributed by atoms with E-state index in [1.807, 2.05) is 6.07 Å². The molecule has 2 nitrogen and oxygen atoms in total. The lowest BCUT2D eigenvalue weighted by Crippen LogP contribution is -2.26. The Morgan fingerprint density at radius 3 is 2.62 bits per heavy atom. The first-order valence-corrected chi connectivity index (χ1v) is 7.86. The van der Waals surface area contributed by atoms with Gasteiger partial charge in [-0.1, -0.05) is 32.0 Å². The largest absolute Gasteiger partial charge is 0.497 e. The van der Waals surface area contributed by atoms with E-state index in [9.17, 15) is 0 Å². The predicted molar refractivity (Wildman–Crippen MR) is 88.8 cm³/mol. The maximum Gasteiger partial charge on any atom is 0.119 e. The van der Waals surface area contributed by atoms with E-state index < -0.39 is 0 Å². The first kappa shape index (κ1) is 14.4. The molecule has 2 aromatic rings. The zero-order valence-corrected chi connectivity index (χ0v) is 13.3. The van der Waals surface area contributed by atoms with Crippen molar-refractivity contribution < 1.29 is 4.74 Å². The monoisotopic (exact) mass is 283 g/mol. The molecule has 0 spiro atoms. The van der Waals surface area contributed by atoms with Gasteiger partial charge in [0.05, 0.1) is 7.11 Å². The second-order valence-electron chi connectivity index (χ2n) is 7.03. The van der Waals surface area contributed by atoms with E-state index in [4.69, 9.17) is 4.74 Å². The second-order valence-corrected chi connectivity index (χ2v) is 7.03. The Balaban J connectivity index is 1.67. The number of ether oxygens (including phenoxy) is 1. The number of hydrogen-bond acceptors (Lipinski definition) is 2. The summed E-state index contributed by atoms with van der Waals surface area (Å²) >= 11 is 0. The lowest BCUT2D eigenvalue weighted by molar-refractivity contribution is 0.364. The van der Waals surface area contributed by atoms with Gasteiger partial charge in [-0.3, -0.25) is 0 Å². The smallest absolute Gasteiger partial charge is 0.119 e. The predicted octanol–water partition coefficient (Wildman–Crippen LogP) is 4.52. The molecular formula is C19H25NO. The van der Waals surface area contributed by atoms with Crippen LogP contribution in [0.1, 0.15) is 38.7 Å². The summed E-state index contributed by atoms with van der Waals surface area (Å²) in [6, 6.07) is 13.6. The van der Waals surface area contributed by atoms with Crippen LogP contribution >= 0.6 is 0 Å². The first-order chi connectivity index (χ1) is 10.1. The van der Waals surface area contributed by atoms with Crippen LogP contribution in [0.5, 0.6) is 5.75 Å². The Kier molecular flexibility index (Phi) is 3.90. The summed E-state index contributed by atoms with van der Waals surface area (Å²) in [4.78, 5) is 0. The van der Waals surface area contributed by atoms with Crippen LogP contribution in [0.3, 0.4) is 0 Å². The molecule has 0 heterocycles. The Hall–Kier alpha value is -1.54. The van der Waals surface area contributed by atoms with Gasteiger partial charge in [-0.15, -0.1) is 0 Å². The van der Waals surface area contributed by atoms with Crippen molar-refractivity contribution in [3.05, 3.63) is 42.0 Å². The van der Waals surface area contributed by atoms with Crippen molar-refractivity contribution in [3.63, 3.8) is 0 Å². The van der Waals surface area contributed by atoms with Gasteiger partial charge in [0.15, 0.2) is 0 Å². The highest BCUT2D eigenvalue weighted by atomic mass is 16.5. The fourth-order valence-electron chi connectivity index (χ4n) is 3.38. The third kappa shape index (κ3) is 3.38. The number of benzene rings is 2. The minimum Gasteiger partial charge on any atom is -0.497 e. The average Bonchev–Trinajstić information content (AvgIpc) is 2.83. The number of hydrogen-bond donors (Lipinski definition) is 1. The molecule has 1 aliphatic rings. The lowest BCUT2D eigenvalue weighted by Gasteiger charge is -2.18. The SMILES string of the molecule is COc1ccc2cc(CNC3CCC(C)(C)C3)ccc2c1. The third-order valence-corrected chi connectivity index (χ3v) is 4.68. The van der Waals surface area contributed by atoms with Gasteiger partial charge in [0.25, 0.3) is 0 Å². The van der Waals surface area contributed by atoms with E-state index in [2.05, 4.69) is 49.5 Å². The van der Waals surface area contributed by atoms with Gasteiger partial charge < -0.3 is 10.1 Å². The molecule has 1 aliphatic carbocycles. The minimum atomic E-state index is 0.512. The van der Waals surface area contributed by atoms with Crippen LogP contribution in [0.4, 0.5) is 0 Å². The Morgan fingerprint density at radius 2 is 1.90 bits per heavy atom. The third-order valence-electron chi connectivity index (χ3n) is 4.68. The lowest BCUT2D eigenvalue weighted by atomic mass is 9.92. The van der Waals surface area contributed by atoms with Crippen molar-refractivity contribution in [1.82, 2.24) is 5.32 Å². The molecule has 2 heteroatoms. The number of rotatable bonds is 4. The molecule has 112 valence electrons. The van der Waals surface area contributed by atoms with E-state index >= 15 is 0 Å².